The number of hydrogen-bond donors (Lipinski definition) is 3. The largest absolute Gasteiger partial charge is 0.397 e. The summed E-state index contributed by atoms with van der Waals surface area (Å²) in [6, 6.07) is 8.75. The van der Waals surface area contributed by atoms with Gasteiger partial charge < -0.3 is 16.8 Å². The molecule has 1 amide bonds. The predicted molar refractivity (Wildman–Crippen MR) is 97.3 cm³/mol. The summed E-state index contributed by atoms with van der Waals surface area (Å²) in [7, 11) is 0. The second kappa shape index (κ2) is 6.00. The van der Waals surface area contributed by atoms with Crippen LogP contribution in [0.4, 0.5) is 17.2 Å². The summed E-state index contributed by atoms with van der Waals surface area (Å²) in [6.45, 7) is 1.81. The second-order valence-electron chi connectivity index (χ2n) is 5.10. The van der Waals surface area contributed by atoms with E-state index in [1.54, 1.807) is 24.3 Å². The molecule has 3 rings (SSSR count). The fraction of sp³-hybridized carbons (Fsp3) is 0.0625. The maximum atomic E-state index is 12.6. The second-order valence-corrected chi connectivity index (χ2v) is 6.50. The van der Waals surface area contributed by atoms with Gasteiger partial charge in [0.2, 0.25) is 0 Å². The summed E-state index contributed by atoms with van der Waals surface area (Å²) in [4.78, 5) is 17.5. The number of nitrogens with two attached hydrogens (primary N) is 2. The van der Waals surface area contributed by atoms with Crippen molar-refractivity contribution < 1.29 is 4.79 Å². The van der Waals surface area contributed by atoms with Crippen LogP contribution in [0.2, 0.25) is 5.02 Å². The van der Waals surface area contributed by atoms with Crippen molar-refractivity contribution in [3.05, 3.63) is 45.3 Å². The Balaban J connectivity index is 2.03. The first-order valence-electron chi connectivity index (χ1n) is 6.87. The normalized spacial score (nSPS) is 10.5. The van der Waals surface area contributed by atoms with E-state index in [0.29, 0.717) is 25.8 Å². The Bertz CT molecular complexity index is 1020. The average molecular weight is 358 g/mol. The average Bonchev–Trinajstić information content (AvgIpc) is 2.87. The summed E-state index contributed by atoms with van der Waals surface area (Å²) in [5, 5.41) is 12.9. The number of pyridine rings is 1. The van der Waals surface area contributed by atoms with Gasteiger partial charge in [0.25, 0.3) is 5.91 Å². The van der Waals surface area contributed by atoms with Gasteiger partial charge >= 0.3 is 0 Å². The van der Waals surface area contributed by atoms with Crippen LogP contribution in [0.5, 0.6) is 0 Å². The van der Waals surface area contributed by atoms with Crippen molar-refractivity contribution in [1.29, 1.82) is 5.26 Å². The van der Waals surface area contributed by atoms with Gasteiger partial charge in [-0.3, -0.25) is 4.79 Å². The topological polar surface area (TPSA) is 118 Å². The number of nitriles is 1. The SMILES string of the molecule is Cc1c(Cl)cccc1NC(=O)c1sc2nc(N)c(C#N)cc2c1N. The first-order valence-corrected chi connectivity index (χ1v) is 8.07. The number of nitrogens with one attached hydrogen (secondary N) is 1. The Morgan fingerprint density at radius 1 is 1.42 bits per heavy atom. The van der Waals surface area contributed by atoms with E-state index in [0.717, 1.165) is 16.9 Å². The maximum Gasteiger partial charge on any atom is 0.267 e. The van der Waals surface area contributed by atoms with Crippen molar-refractivity contribution in [2.75, 3.05) is 16.8 Å². The van der Waals surface area contributed by atoms with Crippen molar-refractivity contribution in [3.8, 4) is 6.07 Å². The van der Waals surface area contributed by atoms with Crippen molar-refractivity contribution in [2.24, 2.45) is 0 Å². The molecule has 0 aliphatic heterocycles. The third-order valence-corrected chi connectivity index (χ3v) is 5.12. The van der Waals surface area contributed by atoms with E-state index >= 15 is 0 Å². The highest BCUT2D eigenvalue weighted by Gasteiger charge is 2.19. The molecule has 0 saturated heterocycles. The first-order chi connectivity index (χ1) is 11.4. The van der Waals surface area contributed by atoms with Gasteiger partial charge in [-0.2, -0.15) is 5.26 Å². The number of carbonyl (C=O) groups is 1. The van der Waals surface area contributed by atoms with Gasteiger partial charge in [-0.1, -0.05) is 17.7 Å². The molecule has 0 fully saturated rings. The zero-order chi connectivity index (χ0) is 17.4. The van der Waals surface area contributed by atoms with Gasteiger partial charge in [0.15, 0.2) is 0 Å². The highest BCUT2D eigenvalue weighted by Crippen LogP contribution is 2.35. The quantitative estimate of drug-likeness (QED) is 0.648. The van der Waals surface area contributed by atoms with Crippen LogP contribution in [0.15, 0.2) is 24.3 Å². The smallest absolute Gasteiger partial charge is 0.267 e. The standard InChI is InChI=1S/C16H12ClN5OS/c1-7-10(17)3-2-4-11(7)21-15(23)13-12(19)9-5-8(6-18)14(20)22-16(9)24-13/h2-5H,19H2,1H3,(H2,20,22)(H,21,23). The molecular formula is C16H12ClN5OS. The summed E-state index contributed by atoms with van der Waals surface area (Å²) >= 11 is 7.19. The summed E-state index contributed by atoms with van der Waals surface area (Å²) < 4.78 is 0. The minimum Gasteiger partial charge on any atom is -0.397 e. The highest BCUT2D eigenvalue weighted by atomic mass is 35.5. The first kappa shape index (κ1) is 16.1. The van der Waals surface area contributed by atoms with Crippen molar-refractivity contribution in [3.63, 3.8) is 0 Å². The van der Waals surface area contributed by atoms with Crippen molar-refractivity contribution in [2.45, 2.75) is 6.92 Å². The third-order valence-electron chi connectivity index (χ3n) is 3.59. The van der Waals surface area contributed by atoms with Gasteiger partial charge in [0.05, 0.1) is 11.3 Å². The van der Waals surface area contributed by atoms with Crippen LogP contribution in [-0.4, -0.2) is 10.9 Å². The Kier molecular flexibility index (Phi) is 4.01. The Labute approximate surface area is 146 Å². The fourth-order valence-corrected chi connectivity index (χ4v) is 3.39. The van der Waals surface area contributed by atoms with Crippen molar-refractivity contribution in [1.82, 2.24) is 4.98 Å². The molecule has 3 aromatic rings. The number of aromatic nitrogens is 1. The number of anilines is 3. The number of halogens is 1. The molecule has 0 saturated carbocycles. The number of amides is 1. The molecule has 0 unspecified atom stereocenters. The van der Waals surface area contributed by atoms with E-state index in [4.69, 9.17) is 28.3 Å². The molecule has 0 bridgehead atoms. The van der Waals surface area contributed by atoms with Gasteiger partial charge in [-0.15, -0.1) is 11.3 Å². The monoisotopic (exact) mass is 357 g/mol. The lowest BCUT2D eigenvalue weighted by atomic mass is 10.2. The van der Waals surface area contributed by atoms with E-state index < -0.39 is 0 Å². The van der Waals surface area contributed by atoms with E-state index in [-0.39, 0.29) is 23.0 Å². The molecule has 120 valence electrons. The fourth-order valence-electron chi connectivity index (χ4n) is 2.23. The minimum absolute atomic E-state index is 0.115. The number of nitrogen functional groups attached to an aromatic ring is 2. The molecule has 0 radical (unpaired) electrons. The third kappa shape index (κ3) is 2.62. The van der Waals surface area contributed by atoms with Gasteiger partial charge in [0, 0.05) is 16.1 Å². The zero-order valence-corrected chi connectivity index (χ0v) is 14.1. The molecule has 2 heterocycles. The molecular weight excluding hydrogens is 346 g/mol. The number of hydrogen-bond acceptors (Lipinski definition) is 6. The number of rotatable bonds is 2. The lowest BCUT2D eigenvalue weighted by Gasteiger charge is -2.08. The van der Waals surface area contributed by atoms with E-state index in [1.807, 2.05) is 13.0 Å². The van der Waals surface area contributed by atoms with Crippen LogP contribution in [-0.2, 0) is 0 Å². The van der Waals surface area contributed by atoms with E-state index in [2.05, 4.69) is 10.3 Å². The predicted octanol–water partition coefficient (Wildman–Crippen LogP) is 3.55. The highest BCUT2D eigenvalue weighted by molar-refractivity contribution is 7.21. The molecule has 0 spiro atoms. The van der Waals surface area contributed by atoms with Gasteiger partial charge in [0.1, 0.15) is 21.6 Å². The van der Waals surface area contributed by atoms with Crippen LogP contribution >= 0.6 is 22.9 Å². The molecule has 6 nitrogen and oxygen atoms in total. The number of thiophene rings is 1. The van der Waals surface area contributed by atoms with Crippen LogP contribution < -0.4 is 16.8 Å². The molecule has 5 N–H and O–H groups in total. The Hall–Kier alpha value is -2.82. The molecule has 2 aromatic heterocycles. The number of nitrogens with zero attached hydrogens (tertiary/aromatic N) is 2. The molecule has 0 atom stereocenters. The zero-order valence-electron chi connectivity index (χ0n) is 12.6. The van der Waals surface area contributed by atoms with Gasteiger partial charge in [-0.05, 0) is 30.7 Å². The van der Waals surface area contributed by atoms with Crippen molar-refractivity contribution >= 4 is 56.3 Å². The van der Waals surface area contributed by atoms with Crippen LogP contribution in [0, 0.1) is 18.3 Å². The molecule has 1 aromatic carbocycles. The molecule has 0 aliphatic carbocycles. The van der Waals surface area contributed by atoms with Gasteiger partial charge in [-0.25, -0.2) is 4.98 Å². The number of carbonyl (C=O) groups excluding carboxylic acids is 1. The lowest BCUT2D eigenvalue weighted by Crippen LogP contribution is -2.12. The summed E-state index contributed by atoms with van der Waals surface area (Å²) in [5.74, 6) is -0.248. The van der Waals surface area contributed by atoms with Crippen LogP contribution in [0.3, 0.4) is 0 Å². The number of benzene rings is 1. The summed E-state index contributed by atoms with van der Waals surface area (Å²) in [6.07, 6.45) is 0. The maximum absolute atomic E-state index is 12.6. The number of fused-ring (bicyclic) bond motifs is 1. The molecule has 8 heteroatoms. The lowest BCUT2D eigenvalue weighted by molar-refractivity contribution is 0.103. The van der Waals surface area contributed by atoms with Crippen LogP contribution in [0.25, 0.3) is 10.2 Å². The Morgan fingerprint density at radius 2 is 2.17 bits per heavy atom. The van der Waals surface area contributed by atoms with E-state index in [1.165, 1.54) is 0 Å². The Morgan fingerprint density at radius 3 is 2.88 bits per heavy atom. The molecule has 24 heavy (non-hydrogen) atoms. The summed E-state index contributed by atoms with van der Waals surface area (Å²) in [5.41, 5.74) is 13.7. The van der Waals surface area contributed by atoms with E-state index in [9.17, 15) is 4.79 Å². The molecule has 0 aliphatic rings. The minimum atomic E-state index is -0.363. The van der Waals surface area contributed by atoms with Crippen LogP contribution in [0.1, 0.15) is 20.8 Å².